The number of hydrogen-bond donors (Lipinski definition) is 3. The topological polar surface area (TPSA) is 84.2 Å². The Bertz CT molecular complexity index is 562. The molecule has 0 bridgehead atoms. The molecule has 0 spiro atoms. The van der Waals surface area contributed by atoms with E-state index in [0.717, 1.165) is 12.8 Å². The monoisotopic (exact) mass is 323 g/mol. The minimum absolute atomic E-state index is 0.0469. The lowest BCUT2D eigenvalue weighted by Gasteiger charge is -2.29. The van der Waals surface area contributed by atoms with Crippen LogP contribution in [0.4, 0.5) is 5.69 Å². The Morgan fingerprint density at radius 2 is 2.05 bits per heavy atom. The molecule has 1 fully saturated rings. The average Bonchev–Trinajstić information content (AvgIpc) is 2.48. The van der Waals surface area contributed by atoms with Crippen LogP contribution in [0.5, 0.6) is 0 Å². The number of amides is 2. The van der Waals surface area contributed by atoms with E-state index < -0.39 is 5.91 Å². The van der Waals surface area contributed by atoms with Crippen molar-refractivity contribution >= 4 is 29.1 Å². The van der Waals surface area contributed by atoms with E-state index in [-0.39, 0.29) is 24.1 Å². The van der Waals surface area contributed by atoms with Gasteiger partial charge < -0.3 is 16.4 Å². The Balaban J connectivity index is 1.88. The van der Waals surface area contributed by atoms with Crippen LogP contribution in [0.15, 0.2) is 18.2 Å². The second kappa shape index (κ2) is 7.49. The van der Waals surface area contributed by atoms with Gasteiger partial charge in [-0.2, -0.15) is 0 Å². The number of nitrogens with one attached hydrogen (secondary N) is 2. The summed E-state index contributed by atoms with van der Waals surface area (Å²) in [6.45, 7) is 2.33. The zero-order valence-corrected chi connectivity index (χ0v) is 13.5. The molecule has 0 aliphatic heterocycles. The SMILES string of the molecule is C[C@@H]1CCCC[C@H]1NC(=O)CNc1ccc(Cl)c(C(N)=O)c1. The molecule has 2 atom stereocenters. The largest absolute Gasteiger partial charge is 0.376 e. The highest BCUT2D eigenvalue weighted by Gasteiger charge is 2.22. The van der Waals surface area contributed by atoms with E-state index in [9.17, 15) is 9.59 Å². The Kier molecular flexibility index (Phi) is 5.66. The second-order valence-electron chi connectivity index (χ2n) is 5.85. The van der Waals surface area contributed by atoms with E-state index in [1.165, 1.54) is 12.8 Å². The van der Waals surface area contributed by atoms with Crippen molar-refractivity contribution in [1.29, 1.82) is 0 Å². The summed E-state index contributed by atoms with van der Waals surface area (Å²) in [5.41, 5.74) is 6.13. The van der Waals surface area contributed by atoms with Crippen molar-refractivity contribution in [2.45, 2.75) is 38.6 Å². The highest BCUT2D eigenvalue weighted by atomic mass is 35.5. The summed E-state index contributed by atoms with van der Waals surface area (Å²) in [7, 11) is 0. The van der Waals surface area contributed by atoms with Crippen LogP contribution in [-0.4, -0.2) is 24.4 Å². The number of benzene rings is 1. The van der Waals surface area contributed by atoms with Crippen molar-refractivity contribution < 1.29 is 9.59 Å². The third-order valence-electron chi connectivity index (χ3n) is 4.14. The van der Waals surface area contributed by atoms with E-state index in [1.807, 2.05) is 0 Å². The fourth-order valence-electron chi connectivity index (χ4n) is 2.79. The molecule has 2 amide bonds. The number of carbonyl (C=O) groups excluding carboxylic acids is 2. The van der Waals surface area contributed by atoms with Crippen molar-refractivity contribution in [3.8, 4) is 0 Å². The molecule has 1 aliphatic rings. The molecular weight excluding hydrogens is 302 g/mol. The van der Waals surface area contributed by atoms with Crippen molar-refractivity contribution in [2.75, 3.05) is 11.9 Å². The summed E-state index contributed by atoms with van der Waals surface area (Å²) in [4.78, 5) is 23.3. The lowest BCUT2D eigenvalue weighted by Crippen LogP contribution is -2.43. The normalized spacial score (nSPS) is 21.2. The lowest BCUT2D eigenvalue weighted by atomic mass is 9.86. The molecular formula is C16H22ClN3O2. The Morgan fingerprint density at radius 1 is 1.32 bits per heavy atom. The van der Waals surface area contributed by atoms with Gasteiger partial charge in [0.05, 0.1) is 17.1 Å². The van der Waals surface area contributed by atoms with E-state index >= 15 is 0 Å². The molecule has 1 saturated carbocycles. The van der Waals surface area contributed by atoms with Crippen LogP contribution < -0.4 is 16.4 Å². The summed E-state index contributed by atoms with van der Waals surface area (Å²) in [6, 6.07) is 5.12. The third-order valence-corrected chi connectivity index (χ3v) is 4.47. The van der Waals surface area contributed by atoms with Crippen LogP contribution in [0.1, 0.15) is 43.0 Å². The van der Waals surface area contributed by atoms with Gasteiger partial charge in [0.1, 0.15) is 0 Å². The maximum atomic E-state index is 12.0. The first-order chi connectivity index (χ1) is 10.5. The van der Waals surface area contributed by atoms with Crippen molar-refractivity contribution in [1.82, 2.24) is 5.32 Å². The molecule has 0 heterocycles. The third kappa shape index (κ3) is 4.37. The molecule has 120 valence electrons. The molecule has 1 aromatic carbocycles. The zero-order valence-electron chi connectivity index (χ0n) is 12.7. The molecule has 0 unspecified atom stereocenters. The predicted molar refractivity (Wildman–Crippen MR) is 88.0 cm³/mol. The highest BCUT2D eigenvalue weighted by Crippen LogP contribution is 2.23. The van der Waals surface area contributed by atoms with E-state index in [2.05, 4.69) is 17.6 Å². The van der Waals surface area contributed by atoms with Crippen LogP contribution in [0, 0.1) is 5.92 Å². The van der Waals surface area contributed by atoms with Crippen LogP contribution >= 0.6 is 11.6 Å². The summed E-state index contributed by atoms with van der Waals surface area (Å²) in [5, 5.41) is 6.37. The van der Waals surface area contributed by atoms with E-state index in [1.54, 1.807) is 18.2 Å². The van der Waals surface area contributed by atoms with Crippen LogP contribution in [0.3, 0.4) is 0 Å². The first-order valence-corrected chi connectivity index (χ1v) is 7.97. The molecule has 0 aromatic heterocycles. The molecule has 4 N–H and O–H groups in total. The van der Waals surface area contributed by atoms with Gasteiger partial charge in [0.15, 0.2) is 0 Å². The van der Waals surface area contributed by atoms with Crippen LogP contribution in [-0.2, 0) is 4.79 Å². The predicted octanol–water partition coefficient (Wildman–Crippen LogP) is 2.55. The molecule has 22 heavy (non-hydrogen) atoms. The maximum Gasteiger partial charge on any atom is 0.250 e. The Morgan fingerprint density at radius 3 is 2.73 bits per heavy atom. The van der Waals surface area contributed by atoms with E-state index in [4.69, 9.17) is 17.3 Å². The highest BCUT2D eigenvalue weighted by molar-refractivity contribution is 6.33. The fourth-order valence-corrected chi connectivity index (χ4v) is 3.01. The van der Waals surface area contributed by atoms with Gasteiger partial charge in [0, 0.05) is 11.7 Å². The molecule has 5 nitrogen and oxygen atoms in total. The molecule has 2 rings (SSSR count). The lowest BCUT2D eigenvalue weighted by molar-refractivity contribution is -0.120. The first kappa shape index (κ1) is 16.6. The minimum Gasteiger partial charge on any atom is -0.376 e. The fraction of sp³-hybridized carbons (Fsp3) is 0.500. The summed E-state index contributed by atoms with van der Waals surface area (Å²) in [6.07, 6.45) is 4.62. The first-order valence-electron chi connectivity index (χ1n) is 7.60. The number of primary amides is 1. The number of anilines is 1. The molecule has 1 aliphatic carbocycles. The second-order valence-corrected chi connectivity index (χ2v) is 6.26. The number of rotatable bonds is 5. The van der Waals surface area contributed by atoms with Crippen LogP contribution in [0.25, 0.3) is 0 Å². The van der Waals surface area contributed by atoms with Crippen molar-refractivity contribution in [2.24, 2.45) is 11.7 Å². The van der Waals surface area contributed by atoms with Gasteiger partial charge in [-0.25, -0.2) is 0 Å². The standard InChI is InChI=1S/C16H22ClN3O2/c1-10-4-2-3-5-14(10)20-15(21)9-19-11-6-7-13(17)12(8-11)16(18)22/h6-8,10,14,19H,2-5,9H2,1H3,(H2,18,22)(H,20,21)/t10-,14-/m1/s1. The average molecular weight is 324 g/mol. The van der Waals surface area contributed by atoms with Gasteiger partial charge in [-0.05, 0) is 37.0 Å². The van der Waals surface area contributed by atoms with Gasteiger partial charge in [0.25, 0.3) is 0 Å². The molecule has 6 heteroatoms. The summed E-state index contributed by atoms with van der Waals surface area (Å²) in [5.74, 6) is -0.113. The summed E-state index contributed by atoms with van der Waals surface area (Å²) < 4.78 is 0. The van der Waals surface area contributed by atoms with Crippen molar-refractivity contribution in [3.63, 3.8) is 0 Å². The smallest absolute Gasteiger partial charge is 0.250 e. The number of carbonyl (C=O) groups is 2. The summed E-state index contributed by atoms with van der Waals surface area (Å²) >= 11 is 5.89. The molecule has 1 aromatic rings. The van der Waals surface area contributed by atoms with Gasteiger partial charge in [0.2, 0.25) is 11.8 Å². The number of nitrogens with two attached hydrogens (primary N) is 1. The Labute approximate surface area is 135 Å². The van der Waals surface area contributed by atoms with E-state index in [0.29, 0.717) is 16.6 Å². The zero-order chi connectivity index (χ0) is 16.1. The minimum atomic E-state index is -0.589. The van der Waals surface area contributed by atoms with Crippen LogP contribution in [0.2, 0.25) is 5.02 Å². The van der Waals surface area contributed by atoms with Gasteiger partial charge in [-0.3, -0.25) is 9.59 Å². The van der Waals surface area contributed by atoms with Crippen molar-refractivity contribution in [3.05, 3.63) is 28.8 Å². The molecule has 0 radical (unpaired) electrons. The number of halogens is 1. The molecule has 0 saturated heterocycles. The Hall–Kier alpha value is -1.75. The maximum absolute atomic E-state index is 12.0. The van der Waals surface area contributed by atoms with Gasteiger partial charge in [-0.1, -0.05) is 31.4 Å². The number of hydrogen-bond acceptors (Lipinski definition) is 3. The quantitative estimate of drug-likeness (QED) is 0.778. The van der Waals surface area contributed by atoms with Gasteiger partial charge in [-0.15, -0.1) is 0 Å². The van der Waals surface area contributed by atoms with Gasteiger partial charge >= 0.3 is 0 Å².